The molecule has 1 aliphatic rings. The second-order valence-corrected chi connectivity index (χ2v) is 6.27. The van der Waals surface area contributed by atoms with Gasteiger partial charge in [-0.05, 0) is 42.4 Å². The molecule has 0 aliphatic heterocycles. The molecule has 0 bridgehead atoms. The summed E-state index contributed by atoms with van der Waals surface area (Å²) in [5.41, 5.74) is 6.47. The van der Waals surface area contributed by atoms with E-state index in [4.69, 9.17) is 5.73 Å². The normalized spacial score (nSPS) is 26.6. The first-order chi connectivity index (χ1) is 8.64. The lowest BCUT2D eigenvalue weighted by molar-refractivity contribution is -0.137. The molecule has 1 aliphatic carbocycles. The summed E-state index contributed by atoms with van der Waals surface area (Å²) in [7, 11) is 0. The van der Waals surface area contributed by atoms with Crippen LogP contribution < -0.4 is 5.73 Å². The van der Waals surface area contributed by atoms with Gasteiger partial charge in [-0.25, -0.2) is 0 Å². The highest BCUT2D eigenvalue weighted by Crippen LogP contribution is 2.46. The molecule has 0 heterocycles. The van der Waals surface area contributed by atoms with Gasteiger partial charge in [-0.1, -0.05) is 32.4 Å². The largest absolute Gasteiger partial charge is 0.416 e. The number of rotatable bonds is 2. The van der Waals surface area contributed by atoms with Crippen molar-refractivity contribution < 1.29 is 13.2 Å². The van der Waals surface area contributed by atoms with Crippen LogP contribution in [0.15, 0.2) is 24.3 Å². The van der Waals surface area contributed by atoms with Gasteiger partial charge in [-0.3, -0.25) is 0 Å². The van der Waals surface area contributed by atoms with Crippen molar-refractivity contribution in [3.05, 3.63) is 35.4 Å². The average Bonchev–Trinajstić information content (AvgIpc) is 2.52. The molecule has 1 aromatic carbocycles. The van der Waals surface area contributed by atoms with E-state index in [9.17, 15) is 13.2 Å². The quantitative estimate of drug-likeness (QED) is 0.859. The van der Waals surface area contributed by atoms with E-state index in [1.807, 2.05) is 0 Å². The summed E-state index contributed by atoms with van der Waals surface area (Å²) in [6.45, 7) is 4.29. The molecule has 1 atom stereocenters. The van der Waals surface area contributed by atoms with Gasteiger partial charge >= 0.3 is 6.18 Å². The monoisotopic (exact) mass is 271 g/mol. The fraction of sp³-hybridized carbons (Fsp3) is 0.600. The highest BCUT2D eigenvalue weighted by Gasteiger charge is 2.45. The molecule has 19 heavy (non-hydrogen) atoms. The minimum absolute atomic E-state index is 0.0374. The predicted octanol–water partition coefficient (Wildman–Crippen LogP) is 4.16. The Bertz CT molecular complexity index is 447. The van der Waals surface area contributed by atoms with Crippen LogP contribution >= 0.6 is 0 Å². The van der Waals surface area contributed by atoms with Gasteiger partial charge in [-0.2, -0.15) is 13.2 Å². The van der Waals surface area contributed by atoms with Crippen molar-refractivity contribution >= 4 is 0 Å². The van der Waals surface area contributed by atoms with Crippen molar-refractivity contribution in [1.82, 2.24) is 0 Å². The summed E-state index contributed by atoms with van der Waals surface area (Å²) in [6, 6.07) is 5.37. The fourth-order valence-corrected chi connectivity index (χ4v) is 2.94. The van der Waals surface area contributed by atoms with Crippen molar-refractivity contribution in [2.75, 3.05) is 0 Å². The van der Waals surface area contributed by atoms with Gasteiger partial charge in [0, 0.05) is 5.54 Å². The molecule has 2 rings (SSSR count). The third-order valence-corrected chi connectivity index (χ3v) is 4.57. The highest BCUT2D eigenvalue weighted by molar-refractivity contribution is 5.27. The molecule has 0 spiro atoms. The number of alkyl halides is 3. The Hall–Kier alpha value is -1.03. The maximum Gasteiger partial charge on any atom is 0.416 e. The predicted molar refractivity (Wildman–Crippen MR) is 69.7 cm³/mol. The van der Waals surface area contributed by atoms with Crippen molar-refractivity contribution in [2.24, 2.45) is 11.1 Å². The summed E-state index contributed by atoms with van der Waals surface area (Å²) in [4.78, 5) is 0. The molecule has 0 aromatic heterocycles. The zero-order valence-electron chi connectivity index (χ0n) is 11.3. The molecule has 4 heteroatoms. The Kier molecular flexibility index (Phi) is 3.42. The van der Waals surface area contributed by atoms with E-state index >= 15 is 0 Å². The van der Waals surface area contributed by atoms with Gasteiger partial charge in [0.05, 0.1) is 5.56 Å². The van der Waals surface area contributed by atoms with Crippen LogP contribution in [-0.4, -0.2) is 5.54 Å². The van der Waals surface area contributed by atoms with E-state index in [0.29, 0.717) is 6.42 Å². The van der Waals surface area contributed by atoms with E-state index in [1.54, 1.807) is 12.1 Å². The highest BCUT2D eigenvalue weighted by atomic mass is 19.4. The first-order valence-electron chi connectivity index (χ1n) is 6.59. The standard InChI is InChI=1S/C15H20F3N/c1-13(2)8-3-9-14(13,19)10-11-4-6-12(7-5-11)15(16,17)18/h4-7H,3,8-10,19H2,1-2H3. The molecule has 0 amide bonds. The molecule has 106 valence electrons. The topological polar surface area (TPSA) is 26.0 Å². The van der Waals surface area contributed by atoms with E-state index in [1.165, 1.54) is 0 Å². The second-order valence-electron chi connectivity index (χ2n) is 6.27. The zero-order valence-corrected chi connectivity index (χ0v) is 11.3. The summed E-state index contributed by atoms with van der Waals surface area (Å²) in [5, 5.41) is 0. The molecule has 1 fully saturated rings. The van der Waals surface area contributed by atoms with E-state index in [0.717, 1.165) is 37.0 Å². The molecule has 1 unspecified atom stereocenters. The van der Waals surface area contributed by atoms with Gasteiger partial charge in [0.2, 0.25) is 0 Å². The van der Waals surface area contributed by atoms with Crippen LogP contribution in [0.1, 0.15) is 44.2 Å². The first-order valence-corrected chi connectivity index (χ1v) is 6.59. The SMILES string of the molecule is CC1(C)CCCC1(N)Cc1ccc(C(F)(F)F)cc1. The van der Waals surface area contributed by atoms with Gasteiger partial charge in [0.1, 0.15) is 0 Å². The lowest BCUT2D eigenvalue weighted by atomic mass is 9.72. The minimum Gasteiger partial charge on any atom is -0.324 e. The van der Waals surface area contributed by atoms with Crippen molar-refractivity contribution in [1.29, 1.82) is 0 Å². The van der Waals surface area contributed by atoms with Crippen LogP contribution in [0.4, 0.5) is 13.2 Å². The van der Waals surface area contributed by atoms with Crippen LogP contribution in [0, 0.1) is 5.41 Å². The molecule has 1 saturated carbocycles. The Morgan fingerprint density at radius 3 is 2.11 bits per heavy atom. The average molecular weight is 271 g/mol. The lowest BCUT2D eigenvalue weighted by Gasteiger charge is -2.38. The van der Waals surface area contributed by atoms with Crippen molar-refractivity contribution in [3.8, 4) is 0 Å². The van der Waals surface area contributed by atoms with Crippen LogP contribution in [0.25, 0.3) is 0 Å². The Balaban J connectivity index is 2.16. The van der Waals surface area contributed by atoms with Crippen LogP contribution in [0.2, 0.25) is 0 Å². The fourth-order valence-electron chi connectivity index (χ4n) is 2.94. The molecular weight excluding hydrogens is 251 g/mol. The summed E-state index contributed by atoms with van der Waals surface area (Å²) in [6.07, 6.45) is -0.543. The third kappa shape index (κ3) is 2.78. The number of benzene rings is 1. The smallest absolute Gasteiger partial charge is 0.324 e. The molecule has 1 nitrogen and oxygen atoms in total. The van der Waals surface area contributed by atoms with Crippen LogP contribution in [0.3, 0.4) is 0 Å². The molecule has 1 aromatic rings. The Morgan fingerprint density at radius 1 is 1.11 bits per heavy atom. The van der Waals surface area contributed by atoms with Gasteiger partial charge < -0.3 is 5.73 Å². The third-order valence-electron chi connectivity index (χ3n) is 4.57. The summed E-state index contributed by atoms with van der Waals surface area (Å²) >= 11 is 0. The van der Waals surface area contributed by atoms with Gasteiger partial charge in [0.15, 0.2) is 0 Å². The molecule has 0 saturated heterocycles. The summed E-state index contributed by atoms with van der Waals surface area (Å²) in [5.74, 6) is 0. The zero-order chi connectivity index (χ0) is 14.3. The maximum atomic E-state index is 12.5. The number of halogens is 3. The second kappa shape index (κ2) is 4.51. The van der Waals surface area contributed by atoms with Crippen LogP contribution in [0.5, 0.6) is 0 Å². The first kappa shape index (κ1) is 14.4. The Morgan fingerprint density at radius 2 is 1.68 bits per heavy atom. The summed E-state index contributed by atoms with van der Waals surface area (Å²) < 4.78 is 37.5. The van der Waals surface area contributed by atoms with E-state index < -0.39 is 11.7 Å². The van der Waals surface area contributed by atoms with Crippen molar-refractivity contribution in [2.45, 2.75) is 51.2 Å². The number of hydrogen-bond donors (Lipinski definition) is 1. The van der Waals surface area contributed by atoms with E-state index in [2.05, 4.69) is 13.8 Å². The van der Waals surface area contributed by atoms with Gasteiger partial charge in [0.25, 0.3) is 0 Å². The number of hydrogen-bond acceptors (Lipinski definition) is 1. The Labute approximate surface area is 112 Å². The maximum absolute atomic E-state index is 12.5. The number of nitrogens with two attached hydrogens (primary N) is 1. The van der Waals surface area contributed by atoms with E-state index in [-0.39, 0.29) is 11.0 Å². The molecule has 2 N–H and O–H groups in total. The van der Waals surface area contributed by atoms with Crippen LogP contribution in [-0.2, 0) is 12.6 Å². The van der Waals surface area contributed by atoms with Gasteiger partial charge in [-0.15, -0.1) is 0 Å². The molecular formula is C15H20F3N. The molecule has 0 radical (unpaired) electrons. The van der Waals surface area contributed by atoms with Crippen molar-refractivity contribution in [3.63, 3.8) is 0 Å². The minimum atomic E-state index is -4.27. The lowest BCUT2D eigenvalue weighted by Crippen LogP contribution is -2.50.